The number of hydrogen-bond acceptors (Lipinski definition) is 2. The highest BCUT2D eigenvalue weighted by Gasteiger charge is 2.40. The van der Waals surface area contributed by atoms with E-state index in [0.29, 0.717) is 5.54 Å². The van der Waals surface area contributed by atoms with Gasteiger partial charge in [-0.2, -0.15) is 0 Å². The van der Waals surface area contributed by atoms with Crippen molar-refractivity contribution in [1.82, 2.24) is 4.90 Å². The quantitative estimate of drug-likeness (QED) is 0.705. The fraction of sp³-hybridized carbons (Fsp3) is 1.00. The molecule has 1 aliphatic carbocycles. The molecular weight excluding hydrogens is 160 g/mol. The molecule has 2 rings (SSSR count). The molecule has 0 aromatic carbocycles. The lowest BCUT2D eigenvalue weighted by atomic mass is 9.80. The molecule has 0 radical (unpaired) electrons. The predicted octanol–water partition coefficient (Wildman–Crippen LogP) is 1.74. The zero-order valence-electron chi connectivity index (χ0n) is 8.60. The third-order valence-corrected chi connectivity index (χ3v) is 3.92. The fourth-order valence-corrected chi connectivity index (χ4v) is 3.28. The summed E-state index contributed by atoms with van der Waals surface area (Å²) in [5.41, 5.74) is 6.25. The van der Waals surface area contributed by atoms with Gasteiger partial charge < -0.3 is 5.73 Å². The first kappa shape index (κ1) is 9.47. The molecule has 1 spiro atoms. The second-order valence-electron chi connectivity index (χ2n) is 4.66. The van der Waals surface area contributed by atoms with Crippen molar-refractivity contribution < 1.29 is 0 Å². The summed E-state index contributed by atoms with van der Waals surface area (Å²) in [7, 11) is 0. The molecule has 2 heteroatoms. The molecule has 1 heterocycles. The van der Waals surface area contributed by atoms with E-state index < -0.39 is 0 Å². The van der Waals surface area contributed by atoms with Crippen LogP contribution in [0.4, 0.5) is 0 Å². The maximum absolute atomic E-state index is 5.66. The fourth-order valence-electron chi connectivity index (χ4n) is 3.28. The van der Waals surface area contributed by atoms with Crippen LogP contribution in [0.5, 0.6) is 0 Å². The van der Waals surface area contributed by atoms with Gasteiger partial charge >= 0.3 is 0 Å². The molecule has 2 nitrogen and oxygen atoms in total. The standard InChI is InChI=1S/C11H22N2/c12-8-10-13-9-4-7-11(13)5-2-1-3-6-11/h1-10,12H2. The van der Waals surface area contributed by atoms with Gasteiger partial charge in [-0.25, -0.2) is 0 Å². The first-order valence-corrected chi connectivity index (χ1v) is 5.82. The van der Waals surface area contributed by atoms with Crippen molar-refractivity contribution in [3.8, 4) is 0 Å². The van der Waals surface area contributed by atoms with Crippen LogP contribution >= 0.6 is 0 Å². The summed E-state index contributed by atoms with van der Waals surface area (Å²) in [5, 5.41) is 0. The van der Waals surface area contributed by atoms with E-state index in [9.17, 15) is 0 Å². The van der Waals surface area contributed by atoms with E-state index in [4.69, 9.17) is 5.73 Å². The molecule has 2 fully saturated rings. The van der Waals surface area contributed by atoms with E-state index in [1.165, 1.54) is 51.5 Å². The number of likely N-dealkylation sites (tertiary alicyclic amines) is 1. The Labute approximate surface area is 81.5 Å². The molecule has 0 aromatic rings. The molecule has 1 saturated heterocycles. The lowest BCUT2D eigenvalue weighted by Gasteiger charge is -2.41. The smallest absolute Gasteiger partial charge is 0.0210 e. The minimum atomic E-state index is 0.595. The van der Waals surface area contributed by atoms with E-state index in [-0.39, 0.29) is 0 Å². The molecule has 0 bridgehead atoms. The predicted molar refractivity (Wildman–Crippen MR) is 55.7 cm³/mol. The van der Waals surface area contributed by atoms with Crippen molar-refractivity contribution in [3.05, 3.63) is 0 Å². The van der Waals surface area contributed by atoms with Crippen LogP contribution in [0.1, 0.15) is 44.9 Å². The summed E-state index contributed by atoms with van der Waals surface area (Å²) in [6, 6.07) is 0. The number of rotatable bonds is 2. The van der Waals surface area contributed by atoms with Crippen molar-refractivity contribution in [2.45, 2.75) is 50.5 Å². The van der Waals surface area contributed by atoms with Gasteiger partial charge in [-0.15, -0.1) is 0 Å². The molecule has 1 aliphatic heterocycles. The molecular formula is C11H22N2. The van der Waals surface area contributed by atoms with E-state index in [0.717, 1.165) is 13.1 Å². The van der Waals surface area contributed by atoms with Crippen LogP contribution in [-0.2, 0) is 0 Å². The van der Waals surface area contributed by atoms with Gasteiger partial charge in [-0.3, -0.25) is 4.90 Å². The van der Waals surface area contributed by atoms with Crippen molar-refractivity contribution in [1.29, 1.82) is 0 Å². The molecule has 0 unspecified atom stereocenters. The van der Waals surface area contributed by atoms with Crippen molar-refractivity contribution in [2.24, 2.45) is 5.73 Å². The molecule has 0 atom stereocenters. The zero-order chi connectivity index (χ0) is 9.15. The first-order valence-electron chi connectivity index (χ1n) is 5.82. The van der Waals surface area contributed by atoms with Crippen LogP contribution in [0, 0.1) is 0 Å². The lowest BCUT2D eigenvalue weighted by Crippen LogP contribution is -2.47. The van der Waals surface area contributed by atoms with Crippen LogP contribution in [0.15, 0.2) is 0 Å². The third kappa shape index (κ3) is 1.75. The van der Waals surface area contributed by atoms with Gasteiger partial charge in [0.1, 0.15) is 0 Å². The molecule has 0 aromatic heterocycles. The van der Waals surface area contributed by atoms with Gasteiger partial charge in [0.25, 0.3) is 0 Å². The molecule has 76 valence electrons. The van der Waals surface area contributed by atoms with Crippen LogP contribution in [0.2, 0.25) is 0 Å². The maximum Gasteiger partial charge on any atom is 0.0210 e. The molecule has 0 amide bonds. The number of nitrogens with zero attached hydrogens (tertiary/aromatic N) is 1. The van der Waals surface area contributed by atoms with Crippen LogP contribution in [0.25, 0.3) is 0 Å². The second kappa shape index (κ2) is 3.97. The Hall–Kier alpha value is -0.0800. The van der Waals surface area contributed by atoms with Crippen molar-refractivity contribution >= 4 is 0 Å². The summed E-state index contributed by atoms with van der Waals surface area (Å²) in [5.74, 6) is 0. The summed E-state index contributed by atoms with van der Waals surface area (Å²) in [6.07, 6.45) is 10.1. The topological polar surface area (TPSA) is 29.3 Å². The highest BCUT2D eigenvalue weighted by Crippen LogP contribution is 2.41. The van der Waals surface area contributed by atoms with E-state index in [1.54, 1.807) is 0 Å². The average Bonchev–Trinajstić information content (AvgIpc) is 2.52. The normalized spacial score (nSPS) is 28.4. The number of nitrogens with two attached hydrogens (primary N) is 1. The van der Waals surface area contributed by atoms with Gasteiger partial charge in [0.15, 0.2) is 0 Å². The molecule has 1 saturated carbocycles. The number of hydrogen-bond donors (Lipinski definition) is 1. The monoisotopic (exact) mass is 182 g/mol. The average molecular weight is 182 g/mol. The first-order chi connectivity index (χ1) is 6.37. The Morgan fingerprint density at radius 2 is 1.69 bits per heavy atom. The minimum Gasteiger partial charge on any atom is -0.329 e. The second-order valence-corrected chi connectivity index (χ2v) is 4.66. The Balaban J connectivity index is 2.00. The van der Waals surface area contributed by atoms with Crippen LogP contribution in [0.3, 0.4) is 0 Å². The Kier molecular flexibility index (Phi) is 2.89. The largest absolute Gasteiger partial charge is 0.329 e. The van der Waals surface area contributed by atoms with Gasteiger partial charge in [0.2, 0.25) is 0 Å². The molecule has 2 aliphatic rings. The van der Waals surface area contributed by atoms with E-state index in [2.05, 4.69) is 4.90 Å². The molecule has 2 N–H and O–H groups in total. The van der Waals surface area contributed by atoms with Crippen LogP contribution < -0.4 is 5.73 Å². The summed E-state index contributed by atoms with van der Waals surface area (Å²) in [4.78, 5) is 2.67. The van der Waals surface area contributed by atoms with Gasteiger partial charge in [-0.05, 0) is 32.2 Å². The van der Waals surface area contributed by atoms with Gasteiger partial charge in [0, 0.05) is 18.6 Å². The lowest BCUT2D eigenvalue weighted by molar-refractivity contribution is 0.0961. The highest BCUT2D eigenvalue weighted by atomic mass is 15.2. The van der Waals surface area contributed by atoms with Crippen LogP contribution in [-0.4, -0.2) is 30.1 Å². The molecule has 13 heavy (non-hydrogen) atoms. The zero-order valence-corrected chi connectivity index (χ0v) is 8.60. The minimum absolute atomic E-state index is 0.595. The SMILES string of the molecule is NCCN1CCCC12CCCCC2. The van der Waals surface area contributed by atoms with E-state index in [1.807, 2.05) is 0 Å². The summed E-state index contributed by atoms with van der Waals surface area (Å²) in [6.45, 7) is 3.26. The Morgan fingerprint density at radius 1 is 1.00 bits per heavy atom. The summed E-state index contributed by atoms with van der Waals surface area (Å²) < 4.78 is 0. The third-order valence-electron chi connectivity index (χ3n) is 3.92. The summed E-state index contributed by atoms with van der Waals surface area (Å²) >= 11 is 0. The highest BCUT2D eigenvalue weighted by molar-refractivity contribution is 4.97. The van der Waals surface area contributed by atoms with Crippen molar-refractivity contribution in [3.63, 3.8) is 0 Å². The van der Waals surface area contributed by atoms with Crippen molar-refractivity contribution in [2.75, 3.05) is 19.6 Å². The Bertz CT molecular complexity index is 161. The maximum atomic E-state index is 5.66. The van der Waals surface area contributed by atoms with E-state index >= 15 is 0 Å². The van der Waals surface area contributed by atoms with Gasteiger partial charge in [-0.1, -0.05) is 19.3 Å². The Morgan fingerprint density at radius 3 is 2.38 bits per heavy atom. The van der Waals surface area contributed by atoms with Gasteiger partial charge in [0.05, 0.1) is 0 Å².